The molecule has 0 amide bonds. The normalized spacial score (nSPS) is 20.3. The Morgan fingerprint density at radius 3 is 1.24 bits per heavy atom. The van der Waals surface area contributed by atoms with Gasteiger partial charge in [0.25, 0.3) is 6.71 Å². The first-order valence-corrected chi connectivity index (χ1v) is 17.5. The first-order valence-electron chi connectivity index (χ1n) is 17.5. The van der Waals surface area contributed by atoms with Crippen molar-refractivity contribution in [2.75, 3.05) is 0 Å². The van der Waals surface area contributed by atoms with Gasteiger partial charge in [-0.2, -0.15) is 0 Å². The SMILES string of the molecule is Cc1cc(C)c(-c2cc3c4c(c2)Oc2cc5c(cc2B4c2cc4c(cc2O3)C(C)(C)CCC4(C)C)C(C)(C)CCC5(C)C)c(C)c1. The van der Waals surface area contributed by atoms with Gasteiger partial charge in [-0.05, 0) is 148 Å². The van der Waals surface area contributed by atoms with Gasteiger partial charge in [-0.15, -0.1) is 0 Å². The molecule has 0 atom stereocenters. The van der Waals surface area contributed by atoms with Gasteiger partial charge in [0.1, 0.15) is 23.0 Å². The molecule has 0 N–H and O–H groups in total. The van der Waals surface area contributed by atoms with Crippen molar-refractivity contribution in [2.24, 2.45) is 0 Å². The molecule has 0 bridgehead atoms. The second-order valence-electron chi connectivity index (χ2n) is 17.7. The zero-order valence-corrected chi connectivity index (χ0v) is 29.8. The smallest absolute Gasteiger partial charge is 0.260 e. The second kappa shape index (κ2) is 9.33. The number of hydrogen-bond donors (Lipinski definition) is 0. The van der Waals surface area contributed by atoms with E-state index in [0.29, 0.717) is 0 Å². The molecule has 4 aliphatic rings. The van der Waals surface area contributed by atoms with Gasteiger partial charge in [-0.25, -0.2) is 0 Å². The summed E-state index contributed by atoms with van der Waals surface area (Å²) in [4.78, 5) is 0. The monoisotopic (exact) mass is 608 g/mol. The quantitative estimate of drug-likeness (QED) is 0.173. The molecule has 0 saturated carbocycles. The highest BCUT2D eigenvalue weighted by Crippen LogP contribution is 2.50. The number of ether oxygens (including phenoxy) is 2. The van der Waals surface area contributed by atoms with E-state index in [1.165, 1.54) is 86.6 Å². The van der Waals surface area contributed by atoms with Crippen LogP contribution in [0.5, 0.6) is 23.0 Å². The highest BCUT2D eigenvalue weighted by atomic mass is 16.5. The number of fused-ring (bicyclic) bond motifs is 6. The van der Waals surface area contributed by atoms with Gasteiger partial charge >= 0.3 is 0 Å². The molecule has 236 valence electrons. The fourth-order valence-corrected chi connectivity index (χ4v) is 9.40. The lowest BCUT2D eigenvalue weighted by Crippen LogP contribution is -2.58. The van der Waals surface area contributed by atoms with Crippen LogP contribution in [0.2, 0.25) is 0 Å². The predicted octanol–water partition coefficient (Wildman–Crippen LogP) is 9.70. The Hall–Kier alpha value is -3.46. The number of benzene rings is 4. The van der Waals surface area contributed by atoms with Gasteiger partial charge in [0.15, 0.2) is 0 Å². The van der Waals surface area contributed by atoms with Gasteiger partial charge in [-0.1, -0.05) is 85.2 Å². The van der Waals surface area contributed by atoms with E-state index < -0.39 is 0 Å². The standard InChI is InChI=1S/C43H49BO2/c1-24-16-25(2)38(26(3)17-24)27-18-36-39-37(19-27)46-35-23-31-29(41(6,7)13-15-43(31,10)11)21-33(35)44(39)32-20-28-30(22-34(32)45-36)42(8,9)14-12-40(28,4)5/h16-23H,12-15H2,1-11H3. The minimum absolute atomic E-state index is 0.0593. The Kier molecular flexibility index (Phi) is 6.07. The summed E-state index contributed by atoms with van der Waals surface area (Å²) in [7, 11) is 0. The molecule has 4 aromatic rings. The largest absolute Gasteiger partial charge is 0.458 e. The van der Waals surface area contributed by atoms with Gasteiger partial charge in [0.2, 0.25) is 0 Å². The fourth-order valence-electron chi connectivity index (χ4n) is 9.40. The maximum absolute atomic E-state index is 7.04. The van der Waals surface area contributed by atoms with Crippen LogP contribution in [0.15, 0.2) is 48.5 Å². The third-order valence-corrected chi connectivity index (χ3v) is 12.4. The molecular weight excluding hydrogens is 559 g/mol. The van der Waals surface area contributed by atoms with E-state index in [4.69, 9.17) is 9.47 Å². The number of hydrogen-bond acceptors (Lipinski definition) is 2. The molecular formula is C43H49BO2. The van der Waals surface area contributed by atoms with Crippen molar-refractivity contribution < 1.29 is 9.47 Å². The summed E-state index contributed by atoms with van der Waals surface area (Å²) in [5.74, 6) is 3.88. The van der Waals surface area contributed by atoms with Gasteiger partial charge in [0.05, 0.1) is 0 Å². The lowest BCUT2D eigenvalue weighted by molar-refractivity contribution is 0.330. The third kappa shape index (κ3) is 4.22. The summed E-state index contributed by atoms with van der Waals surface area (Å²) < 4.78 is 14.1. The van der Waals surface area contributed by atoms with Crippen LogP contribution in [0.1, 0.15) is 120 Å². The lowest BCUT2D eigenvalue weighted by atomic mass is 9.34. The summed E-state index contributed by atoms with van der Waals surface area (Å²) in [5, 5.41) is 0. The van der Waals surface area contributed by atoms with Crippen molar-refractivity contribution >= 4 is 23.1 Å². The van der Waals surface area contributed by atoms with Crippen LogP contribution in [0.3, 0.4) is 0 Å². The Morgan fingerprint density at radius 2 is 0.848 bits per heavy atom. The zero-order chi connectivity index (χ0) is 32.7. The summed E-state index contributed by atoms with van der Waals surface area (Å²) in [6.45, 7) is 26.0. The minimum Gasteiger partial charge on any atom is -0.458 e. The topological polar surface area (TPSA) is 18.5 Å². The van der Waals surface area contributed by atoms with Crippen LogP contribution in [0.4, 0.5) is 0 Å². The maximum Gasteiger partial charge on any atom is 0.260 e. The van der Waals surface area contributed by atoms with Crippen molar-refractivity contribution in [1.29, 1.82) is 0 Å². The number of rotatable bonds is 1. The Labute approximate surface area is 277 Å². The van der Waals surface area contributed by atoms with E-state index in [9.17, 15) is 0 Å². The van der Waals surface area contributed by atoms with Gasteiger partial charge in [-0.3, -0.25) is 0 Å². The molecule has 0 unspecified atom stereocenters. The average molecular weight is 609 g/mol. The maximum atomic E-state index is 7.04. The van der Waals surface area contributed by atoms with Crippen molar-refractivity contribution in [3.05, 3.63) is 87.5 Å². The molecule has 2 heterocycles. The van der Waals surface area contributed by atoms with E-state index >= 15 is 0 Å². The highest BCUT2D eigenvalue weighted by Gasteiger charge is 2.46. The van der Waals surface area contributed by atoms with Gasteiger partial charge < -0.3 is 9.47 Å². The third-order valence-electron chi connectivity index (χ3n) is 12.4. The number of aryl methyl sites for hydroxylation is 3. The molecule has 2 aliphatic carbocycles. The van der Waals surface area contributed by atoms with Crippen LogP contribution in [0, 0.1) is 20.8 Å². The molecule has 2 nitrogen and oxygen atoms in total. The van der Waals surface area contributed by atoms with Crippen LogP contribution in [-0.4, -0.2) is 6.71 Å². The van der Waals surface area contributed by atoms with Crippen molar-refractivity contribution in [3.8, 4) is 34.1 Å². The highest BCUT2D eigenvalue weighted by molar-refractivity contribution is 6.98. The Balaban J connectivity index is 1.43. The summed E-state index contributed by atoms with van der Waals surface area (Å²) >= 11 is 0. The van der Waals surface area contributed by atoms with Crippen LogP contribution >= 0.6 is 0 Å². The van der Waals surface area contributed by atoms with Crippen LogP contribution in [-0.2, 0) is 21.7 Å². The van der Waals surface area contributed by atoms with Gasteiger partial charge in [0, 0.05) is 5.46 Å². The molecule has 46 heavy (non-hydrogen) atoms. The van der Waals surface area contributed by atoms with Crippen LogP contribution in [0.25, 0.3) is 11.1 Å². The average Bonchev–Trinajstić information content (AvgIpc) is 2.96. The molecule has 0 spiro atoms. The van der Waals surface area contributed by atoms with E-state index in [1.54, 1.807) is 0 Å². The first-order chi connectivity index (χ1) is 21.5. The summed E-state index contributed by atoms with van der Waals surface area (Å²) in [6.07, 6.45) is 4.74. The Morgan fingerprint density at radius 1 is 0.478 bits per heavy atom. The summed E-state index contributed by atoms with van der Waals surface area (Å²) in [5.41, 5.74) is 16.3. The minimum atomic E-state index is 0.0593. The lowest BCUT2D eigenvalue weighted by Gasteiger charge is -2.45. The molecule has 0 radical (unpaired) electrons. The van der Waals surface area contributed by atoms with E-state index in [-0.39, 0.29) is 28.4 Å². The van der Waals surface area contributed by atoms with Crippen LogP contribution < -0.4 is 25.9 Å². The molecule has 4 aromatic carbocycles. The first kappa shape index (κ1) is 29.9. The van der Waals surface area contributed by atoms with Crippen molar-refractivity contribution in [3.63, 3.8) is 0 Å². The zero-order valence-electron chi connectivity index (χ0n) is 29.8. The van der Waals surface area contributed by atoms with E-state index in [2.05, 4.69) is 125 Å². The van der Waals surface area contributed by atoms with E-state index in [0.717, 1.165) is 28.6 Å². The molecule has 0 aromatic heterocycles. The molecule has 0 fully saturated rings. The summed E-state index contributed by atoms with van der Waals surface area (Å²) in [6, 6.07) is 19.0. The Bertz CT molecular complexity index is 1860. The van der Waals surface area contributed by atoms with E-state index in [1.807, 2.05) is 0 Å². The second-order valence-corrected chi connectivity index (χ2v) is 17.7. The molecule has 8 rings (SSSR count). The fraction of sp³-hybridized carbons (Fsp3) is 0.442. The predicted molar refractivity (Wildman–Crippen MR) is 194 cm³/mol. The van der Waals surface area contributed by atoms with Crippen molar-refractivity contribution in [2.45, 2.75) is 124 Å². The van der Waals surface area contributed by atoms with Crippen molar-refractivity contribution in [1.82, 2.24) is 0 Å². The molecule has 2 aliphatic heterocycles. The molecule has 0 saturated heterocycles. The molecule has 3 heteroatoms.